The predicted molar refractivity (Wildman–Crippen MR) is 112 cm³/mol. The highest BCUT2D eigenvalue weighted by Crippen LogP contribution is 2.23. The van der Waals surface area contributed by atoms with Crippen LogP contribution in [0.1, 0.15) is 30.0 Å². The van der Waals surface area contributed by atoms with Gasteiger partial charge < -0.3 is 5.11 Å². The molecule has 0 unspecified atom stereocenters. The maximum Gasteiger partial charge on any atom is 0.317 e. The first kappa shape index (κ1) is 20.8. The fourth-order valence-corrected chi connectivity index (χ4v) is 2.87. The fraction of sp³-hybridized carbons (Fsp3) is 0.261. The third kappa shape index (κ3) is 6.94. The SMILES string of the molecule is CCCc1ccc(C#CC(=CCN(C)CC(=O)O)c2ccccc2Cl)cc1. The summed E-state index contributed by atoms with van der Waals surface area (Å²) in [6, 6.07) is 15.8. The van der Waals surface area contributed by atoms with Crippen LogP contribution in [-0.2, 0) is 11.2 Å². The lowest BCUT2D eigenvalue weighted by atomic mass is 10.0. The molecule has 0 saturated carbocycles. The number of rotatable bonds is 7. The molecule has 0 aliphatic rings. The van der Waals surface area contributed by atoms with Crippen LogP contribution in [0.15, 0.2) is 54.6 Å². The molecule has 0 aliphatic carbocycles. The molecule has 2 aromatic carbocycles. The van der Waals surface area contributed by atoms with Crippen molar-refractivity contribution in [1.82, 2.24) is 4.90 Å². The van der Waals surface area contributed by atoms with Crippen molar-refractivity contribution in [2.45, 2.75) is 19.8 Å². The fourth-order valence-electron chi connectivity index (χ4n) is 2.63. The Balaban J connectivity index is 2.28. The van der Waals surface area contributed by atoms with Crippen LogP contribution >= 0.6 is 11.6 Å². The summed E-state index contributed by atoms with van der Waals surface area (Å²) in [4.78, 5) is 12.6. The lowest BCUT2D eigenvalue weighted by molar-refractivity contribution is -0.137. The normalized spacial score (nSPS) is 11.2. The second-order valence-corrected chi connectivity index (χ2v) is 6.79. The van der Waals surface area contributed by atoms with Gasteiger partial charge in [-0.3, -0.25) is 9.69 Å². The summed E-state index contributed by atoms with van der Waals surface area (Å²) >= 11 is 6.34. The first-order valence-corrected chi connectivity index (χ1v) is 9.33. The average Bonchev–Trinajstić information content (AvgIpc) is 2.63. The van der Waals surface area contributed by atoms with Crippen LogP contribution < -0.4 is 0 Å². The topological polar surface area (TPSA) is 40.5 Å². The predicted octanol–water partition coefficient (Wildman–Crippen LogP) is 4.74. The Morgan fingerprint density at radius 1 is 1.19 bits per heavy atom. The van der Waals surface area contributed by atoms with Crippen molar-refractivity contribution >= 4 is 23.1 Å². The summed E-state index contributed by atoms with van der Waals surface area (Å²) in [5.74, 6) is 5.54. The van der Waals surface area contributed by atoms with Crippen molar-refractivity contribution in [3.05, 3.63) is 76.3 Å². The van der Waals surface area contributed by atoms with Crippen LogP contribution in [0.2, 0.25) is 5.02 Å². The molecule has 0 saturated heterocycles. The Labute approximate surface area is 166 Å². The lowest BCUT2D eigenvalue weighted by Crippen LogP contribution is -2.25. The molecule has 0 spiro atoms. The monoisotopic (exact) mass is 381 g/mol. The molecule has 0 bridgehead atoms. The highest BCUT2D eigenvalue weighted by atomic mass is 35.5. The van der Waals surface area contributed by atoms with E-state index in [0.717, 1.165) is 29.5 Å². The van der Waals surface area contributed by atoms with Crippen LogP contribution in [0.25, 0.3) is 5.57 Å². The molecule has 0 aromatic heterocycles. The molecular formula is C23H24ClNO2. The number of carboxylic acid groups (broad SMARTS) is 1. The standard InChI is InChI=1S/C23H24ClNO2/c1-3-6-18-9-11-19(12-10-18)13-14-20(15-16-25(2)17-23(26)27)21-7-4-5-8-22(21)24/h4-5,7-12,15H,3,6,16-17H2,1-2H3,(H,26,27). The molecule has 0 amide bonds. The molecular weight excluding hydrogens is 358 g/mol. The molecule has 0 radical (unpaired) electrons. The van der Waals surface area contributed by atoms with E-state index in [1.54, 1.807) is 11.9 Å². The number of nitrogens with zero attached hydrogens (tertiary/aromatic N) is 1. The molecule has 0 aliphatic heterocycles. The Kier molecular flexibility index (Phi) is 8.13. The van der Waals surface area contributed by atoms with Crippen molar-refractivity contribution in [3.8, 4) is 11.8 Å². The van der Waals surface area contributed by atoms with E-state index in [0.29, 0.717) is 11.6 Å². The van der Waals surface area contributed by atoms with Crippen molar-refractivity contribution in [2.24, 2.45) is 0 Å². The number of carbonyl (C=O) groups is 1. The van der Waals surface area contributed by atoms with E-state index in [-0.39, 0.29) is 6.54 Å². The molecule has 4 heteroatoms. The molecule has 2 aromatic rings. The van der Waals surface area contributed by atoms with E-state index in [2.05, 4.69) is 30.9 Å². The van der Waals surface area contributed by atoms with Crippen molar-refractivity contribution in [3.63, 3.8) is 0 Å². The molecule has 27 heavy (non-hydrogen) atoms. The van der Waals surface area contributed by atoms with Gasteiger partial charge in [0.15, 0.2) is 0 Å². The van der Waals surface area contributed by atoms with Gasteiger partial charge in [0.25, 0.3) is 0 Å². The summed E-state index contributed by atoms with van der Waals surface area (Å²) in [5.41, 5.74) is 3.88. The maximum atomic E-state index is 10.9. The molecule has 2 rings (SSSR count). The van der Waals surface area contributed by atoms with E-state index < -0.39 is 5.97 Å². The summed E-state index contributed by atoms with van der Waals surface area (Å²) < 4.78 is 0. The Morgan fingerprint density at radius 2 is 1.89 bits per heavy atom. The lowest BCUT2D eigenvalue weighted by Gasteiger charge is -2.12. The minimum absolute atomic E-state index is 0.0291. The zero-order chi connectivity index (χ0) is 19.6. The Hall–Kier alpha value is -2.54. The van der Waals surface area contributed by atoms with Gasteiger partial charge in [-0.15, -0.1) is 0 Å². The van der Waals surface area contributed by atoms with E-state index >= 15 is 0 Å². The second kappa shape index (κ2) is 10.6. The van der Waals surface area contributed by atoms with E-state index in [1.165, 1.54) is 5.56 Å². The maximum absolute atomic E-state index is 10.9. The minimum Gasteiger partial charge on any atom is -0.480 e. The van der Waals surface area contributed by atoms with Gasteiger partial charge in [0.1, 0.15) is 0 Å². The number of likely N-dealkylation sites (N-methyl/N-ethyl adjacent to an activating group) is 1. The smallest absolute Gasteiger partial charge is 0.317 e. The van der Waals surface area contributed by atoms with Crippen LogP contribution in [0.4, 0.5) is 0 Å². The number of hydrogen-bond acceptors (Lipinski definition) is 2. The molecule has 0 heterocycles. The van der Waals surface area contributed by atoms with Gasteiger partial charge in [0.05, 0.1) is 6.54 Å². The number of aryl methyl sites for hydroxylation is 1. The van der Waals surface area contributed by atoms with E-state index in [4.69, 9.17) is 16.7 Å². The molecule has 140 valence electrons. The summed E-state index contributed by atoms with van der Waals surface area (Å²) in [7, 11) is 1.76. The third-order valence-corrected chi connectivity index (χ3v) is 4.34. The number of aliphatic carboxylic acids is 1. The van der Waals surface area contributed by atoms with Crippen LogP contribution in [0.5, 0.6) is 0 Å². The zero-order valence-corrected chi connectivity index (χ0v) is 16.5. The van der Waals surface area contributed by atoms with Gasteiger partial charge in [-0.25, -0.2) is 0 Å². The van der Waals surface area contributed by atoms with E-state index in [9.17, 15) is 4.79 Å². The van der Waals surface area contributed by atoms with Crippen molar-refractivity contribution < 1.29 is 9.90 Å². The van der Waals surface area contributed by atoms with Crippen LogP contribution in [-0.4, -0.2) is 36.1 Å². The van der Waals surface area contributed by atoms with Crippen molar-refractivity contribution in [2.75, 3.05) is 20.1 Å². The van der Waals surface area contributed by atoms with Gasteiger partial charge in [-0.2, -0.15) is 0 Å². The van der Waals surface area contributed by atoms with E-state index in [1.807, 2.05) is 42.5 Å². The summed E-state index contributed by atoms with van der Waals surface area (Å²) in [6.45, 7) is 2.60. The number of benzene rings is 2. The number of hydrogen-bond donors (Lipinski definition) is 1. The van der Waals surface area contributed by atoms with Gasteiger partial charge in [-0.05, 0) is 37.2 Å². The molecule has 0 fully saturated rings. The average molecular weight is 382 g/mol. The first-order chi connectivity index (χ1) is 13.0. The number of halogens is 1. The number of allylic oxidation sites excluding steroid dienone is 1. The van der Waals surface area contributed by atoms with Crippen LogP contribution in [0, 0.1) is 11.8 Å². The highest BCUT2D eigenvalue weighted by molar-refractivity contribution is 6.32. The Bertz CT molecular complexity index is 860. The van der Waals surface area contributed by atoms with Gasteiger partial charge in [0.2, 0.25) is 0 Å². The van der Waals surface area contributed by atoms with Gasteiger partial charge >= 0.3 is 5.97 Å². The number of carboxylic acids is 1. The van der Waals surface area contributed by atoms with Gasteiger partial charge in [-0.1, -0.05) is 73.2 Å². The summed E-state index contributed by atoms with van der Waals surface area (Å²) in [5, 5.41) is 9.53. The van der Waals surface area contributed by atoms with Crippen LogP contribution in [0.3, 0.4) is 0 Å². The molecule has 1 N–H and O–H groups in total. The third-order valence-electron chi connectivity index (χ3n) is 4.01. The minimum atomic E-state index is -0.858. The zero-order valence-electron chi connectivity index (χ0n) is 15.7. The first-order valence-electron chi connectivity index (χ1n) is 8.96. The molecule has 3 nitrogen and oxygen atoms in total. The summed E-state index contributed by atoms with van der Waals surface area (Å²) in [6.07, 6.45) is 4.10. The molecule has 0 atom stereocenters. The quantitative estimate of drug-likeness (QED) is 0.704. The highest BCUT2D eigenvalue weighted by Gasteiger charge is 2.06. The van der Waals surface area contributed by atoms with Gasteiger partial charge in [0, 0.05) is 28.3 Å². The largest absolute Gasteiger partial charge is 0.480 e. The second-order valence-electron chi connectivity index (χ2n) is 6.39. The van der Waals surface area contributed by atoms with Crippen molar-refractivity contribution in [1.29, 1.82) is 0 Å². The Morgan fingerprint density at radius 3 is 2.52 bits per heavy atom.